The highest BCUT2D eigenvalue weighted by Crippen LogP contribution is 2.59. The third kappa shape index (κ3) is 4.03. The summed E-state index contributed by atoms with van der Waals surface area (Å²) in [5.41, 5.74) is 12.9. The van der Waals surface area contributed by atoms with Gasteiger partial charge in [0.1, 0.15) is 0 Å². The molecule has 1 aliphatic carbocycles. The van der Waals surface area contributed by atoms with E-state index in [0.29, 0.717) is 0 Å². The maximum atomic E-state index is 2.53. The lowest BCUT2D eigenvalue weighted by atomic mass is 9.82. The highest BCUT2D eigenvalue weighted by Gasteiger charge is 2.32. The van der Waals surface area contributed by atoms with Gasteiger partial charge in [-0.05, 0) is 165 Å². The van der Waals surface area contributed by atoms with E-state index in [1.54, 1.807) is 0 Å². The zero-order chi connectivity index (χ0) is 40.2. The van der Waals surface area contributed by atoms with Crippen molar-refractivity contribution in [2.75, 3.05) is 0 Å². The summed E-state index contributed by atoms with van der Waals surface area (Å²) in [5.74, 6) is 0. The molecule has 14 aromatic rings. The zero-order valence-corrected chi connectivity index (χ0v) is 33.6. The Morgan fingerprint density at radius 3 is 1.19 bits per heavy atom. The first-order valence-electron chi connectivity index (χ1n) is 21.8. The largest absolute Gasteiger partial charge is 0.0622 e. The molecule has 0 aliphatic heterocycles. The molecule has 0 radical (unpaired) electrons. The minimum absolute atomic E-state index is 1.24. The first-order valence-corrected chi connectivity index (χ1v) is 21.8. The number of benzene rings is 12. The molecule has 0 bridgehead atoms. The van der Waals surface area contributed by atoms with Gasteiger partial charge >= 0.3 is 0 Å². The minimum Gasteiger partial charge on any atom is -0.0622 e. The average Bonchev–Trinajstić information content (AvgIpc) is 3.97. The van der Waals surface area contributed by atoms with Gasteiger partial charge in [-0.3, -0.25) is 0 Å². The smallest absolute Gasteiger partial charge is 0.000741 e. The van der Waals surface area contributed by atoms with Crippen molar-refractivity contribution in [1.29, 1.82) is 0 Å². The second-order valence-corrected chi connectivity index (χ2v) is 17.3. The van der Waals surface area contributed by atoms with Gasteiger partial charge in [-0.15, -0.1) is 0 Å². The van der Waals surface area contributed by atoms with Crippen molar-refractivity contribution in [3.05, 3.63) is 206 Å². The predicted molar refractivity (Wildman–Crippen MR) is 267 cm³/mol. The molecule has 0 aromatic heterocycles. The van der Waals surface area contributed by atoms with Crippen molar-refractivity contribution >= 4 is 97.0 Å². The Kier molecular flexibility index (Phi) is 6.24. The van der Waals surface area contributed by atoms with Crippen molar-refractivity contribution in [3.63, 3.8) is 0 Å². The summed E-state index contributed by atoms with van der Waals surface area (Å²) in [6.07, 6.45) is 0. The maximum absolute atomic E-state index is 2.53. The molecule has 0 fully saturated rings. The molecule has 15 rings (SSSR count). The van der Waals surface area contributed by atoms with Crippen LogP contribution in [0.2, 0.25) is 0 Å². The van der Waals surface area contributed by atoms with E-state index in [1.165, 1.54) is 153 Å². The van der Waals surface area contributed by atoms with E-state index < -0.39 is 0 Å². The zero-order valence-electron chi connectivity index (χ0n) is 33.6. The average molecular weight is 779 g/mol. The van der Waals surface area contributed by atoms with Gasteiger partial charge in [0.2, 0.25) is 0 Å². The summed E-state index contributed by atoms with van der Waals surface area (Å²) in [4.78, 5) is 0. The molecular weight excluding hydrogens is 745 g/mol. The Hall–Kier alpha value is -8.06. The van der Waals surface area contributed by atoms with Crippen LogP contribution in [0.5, 0.6) is 0 Å². The lowest BCUT2D eigenvalue weighted by molar-refractivity contribution is 1.62. The van der Waals surface area contributed by atoms with Crippen molar-refractivity contribution in [3.8, 4) is 55.6 Å². The van der Waals surface area contributed by atoms with Gasteiger partial charge in [-0.1, -0.05) is 194 Å². The second kappa shape index (κ2) is 11.8. The molecule has 0 spiro atoms. The number of hydrogen-bond acceptors (Lipinski definition) is 0. The Bertz CT molecular complexity index is 4140. The van der Waals surface area contributed by atoms with Gasteiger partial charge < -0.3 is 0 Å². The van der Waals surface area contributed by atoms with Crippen molar-refractivity contribution < 1.29 is 0 Å². The topological polar surface area (TPSA) is 0 Å². The third-order valence-corrected chi connectivity index (χ3v) is 14.5. The SMILES string of the molecule is c1ccc(-c2c3c(c(-c4ccccc4)c4ccccc24)-c2ccc(-c4ccc5c6ccccc6c6cc7c(cc8c9ccccc9c9cccc7c98)c4c56)c4cccc-3c24)cc1. The Morgan fingerprint density at radius 2 is 0.565 bits per heavy atom. The van der Waals surface area contributed by atoms with E-state index in [1.807, 2.05) is 0 Å². The molecule has 14 aromatic carbocycles. The van der Waals surface area contributed by atoms with Crippen molar-refractivity contribution in [2.45, 2.75) is 0 Å². The lowest BCUT2D eigenvalue weighted by Crippen LogP contribution is -1.93. The number of hydrogen-bond donors (Lipinski definition) is 0. The second-order valence-electron chi connectivity index (χ2n) is 17.3. The Morgan fingerprint density at radius 1 is 0.161 bits per heavy atom. The van der Waals surface area contributed by atoms with E-state index in [9.17, 15) is 0 Å². The summed E-state index contributed by atoms with van der Waals surface area (Å²) in [6.45, 7) is 0. The van der Waals surface area contributed by atoms with Gasteiger partial charge in [0, 0.05) is 0 Å². The first kappa shape index (κ1) is 32.8. The van der Waals surface area contributed by atoms with Crippen LogP contribution in [0.15, 0.2) is 206 Å². The maximum Gasteiger partial charge on any atom is -0.000741 e. The van der Waals surface area contributed by atoms with E-state index in [-0.39, 0.29) is 0 Å². The summed E-state index contributed by atoms with van der Waals surface area (Å²) in [6, 6.07) is 77.9. The highest BCUT2D eigenvalue weighted by atomic mass is 14.3. The Labute approximate surface area is 357 Å². The summed E-state index contributed by atoms with van der Waals surface area (Å²) >= 11 is 0. The number of fused-ring (bicyclic) bond motifs is 13. The fourth-order valence-electron chi connectivity index (χ4n) is 12.1. The molecule has 0 unspecified atom stereocenters. The fourth-order valence-corrected chi connectivity index (χ4v) is 12.1. The molecule has 0 saturated heterocycles. The van der Waals surface area contributed by atoms with Crippen LogP contribution in [-0.4, -0.2) is 0 Å². The van der Waals surface area contributed by atoms with E-state index in [2.05, 4.69) is 206 Å². The molecule has 282 valence electrons. The molecule has 0 amide bonds. The standard InChI is InChI=1S/C62H34/c1-3-15-35(16-4-1)55-44-23-11-12-24-45(44)56(36-17-5-2-6-18-36)62-50-32-29-41(43-26-14-28-49(58(43)50)61(55)62)48-31-30-47-38-20-8-10-22-40(38)53-33-51-46-27-13-25-42-37-19-7-9-21-39(37)52(57(42)46)34-54(51)60(48)59(47)53/h1-34H. The summed E-state index contributed by atoms with van der Waals surface area (Å²) < 4.78 is 0. The van der Waals surface area contributed by atoms with Crippen molar-refractivity contribution in [2.24, 2.45) is 0 Å². The first-order chi connectivity index (χ1) is 30.8. The third-order valence-electron chi connectivity index (χ3n) is 14.5. The van der Waals surface area contributed by atoms with Gasteiger partial charge in [0.05, 0.1) is 0 Å². The van der Waals surface area contributed by atoms with Crippen LogP contribution in [0.1, 0.15) is 0 Å². The van der Waals surface area contributed by atoms with Crippen LogP contribution in [0.25, 0.3) is 153 Å². The fraction of sp³-hybridized carbons (Fsp3) is 0. The van der Waals surface area contributed by atoms with Crippen LogP contribution in [0.4, 0.5) is 0 Å². The molecule has 0 heterocycles. The quantitative estimate of drug-likeness (QED) is 0.157. The van der Waals surface area contributed by atoms with Gasteiger partial charge in [0.25, 0.3) is 0 Å². The molecule has 0 heteroatoms. The summed E-state index contributed by atoms with van der Waals surface area (Å²) in [7, 11) is 0. The van der Waals surface area contributed by atoms with Crippen LogP contribution >= 0.6 is 0 Å². The summed E-state index contributed by atoms with van der Waals surface area (Å²) in [5, 5.41) is 23.9. The van der Waals surface area contributed by atoms with Gasteiger partial charge in [-0.2, -0.15) is 0 Å². The normalized spacial score (nSPS) is 12.5. The predicted octanol–water partition coefficient (Wildman–Crippen LogP) is 17.6. The highest BCUT2D eigenvalue weighted by molar-refractivity contribution is 6.43. The molecule has 0 atom stereocenters. The molecular formula is C62H34. The van der Waals surface area contributed by atoms with Crippen LogP contribution in [-0.2, 0) is 0 Å². The van der Waals surface area contributed by atoms with Crippen LogP contribution in [0, 0.1) is 0 Å². The van der Waals surface area contributed by atoms with Gasteiger partial charge in [0.15, 0.2) is 0 Å². The molecule has 0 saturated carbocycles. The molecule has 0 nitrogen and oxygen atoms in total. The van der Waals surface area contributed by atoms with Crippen molar-refractivity contribution in [1.82, 2.24) is 0 Å². The van der Waals surface area contributed by atoms with Crippen LogP contribution < -0.4 is 0 Å². The number of rotatable bonds is 3. The monoisotopic (exact) mass is 778 g/mol. The Balaban J connectivity index is 1.11. The molecule has 1 aliphatic rings. The lowest BCUT2D eigenvalue weighted by Gasteiger charge is -2.20. The van der Waals surface area contributed by atoms with E-state index in [4.69, 9.17) is 0 Å². The molecule has 62 heavy (non-hydrogen) atoms. The van der Waals surface area contributed by atoms with E-state index >= 15 is 0 Å². The molecule has 0 N–H and O–H groups in total. The minimum atomic E-state index is 1.24. The van der Waals surface area contributed by atoms with E-state index in [0.717, 1.165) is 0 Å². The van der Waals surface area contributed by atoms with Crippen LogP contribution in [0.3, 0.4) is 0 Å². The van der Waals surface area contributed by atoms with Gasteiger partial charge in [-0.25, -0.2) is 0 Å².